The molecule has 0 saturated heterocycles. The first kappa shape index (κ1) is 8.74. The molecule has 0 saturated carbocycles. The first-order valence-corrected chi connectivity index (χ1v) is 3.69. The van der Waals surface area contributed by atoms with Gasteiger partial charge in [-0.15, -0.1) is 0 Å². The third kappa shape index (κ3) is 1.83. The Morgan fingerprint density at radius 2 is 1.92 bits per heavy atom. The summed E-state index contributed by atoms with van der Waals surface area (Å²) in [5.74, 6) is -0.452. The molecule has 1 atom stereocenters. The van der Waals surface area contributed by atoms with E-state index in [2.05, 4.69) is 0 Å². The van der Waals surface area contributed by atoms with E-state index in [9.17, 15) is 4.79 Å². The van der Waals surface area contributed by atoms with Gasteiger partial charge in [0.05, 0.1) is 6.10 Å². The largest absolute Gasteiger partial charge is 0.389 e. The third-order valence-corrected chi connectivity index (χ3v) is 1.68. The molecule has 64 valence electrons. The van der Waals surface area contributed by atoms with Crippen molar-refractivity contribution in [1.82, 2.24) is 0 Å². The molecular formula is C9H11NO2. The zero-order chi connectivity index (χ0) is 9.14. The van der Waals surface area contributed by atoms with E-state index < -0.39 is 12.0 Å². The lowest BCUT2D eigenvalue weighted by Gasteiger charge is -2.03. The molecule has 0 fully saturated rings. The molecule has 0 aromatic heterocycles. The number of rotatable bonds is 2. The monoisotopic (exact) mass is 165 g/mol. The van der Waals surface area contributed by atoms with Crippen LogP contribution in [0.25, 0.3) is 0 Å². The summed E-state index contributed by atoms with van der Waals surface area (Å²) in [6.07, 6.45) is -0.507. The van der Waals surface area contributed by atoms with E-state index in [0.29, 0.717) is 5.56 Å². The molecule has 1 aromatic carbocycles. The van der Waals surface area contributed by atoms with Crippen molar-refractivity contribution in [3.05, 3.63) is 35.4 Å². The molecule has 1 rings (SSSR count). The molecule has 0 unspecified atom stereocenters. The summed E-state index contributed by atoms with van der Waals surface area (Å²) in [5.41, 5.74) is 6.27. The standard InChI is InChI=1S/C9H11NO2/c1-6(11)7-2-4-8(5-3-7)9(10)12/h2-6,11H,1H3,(H2,10,12)/t6-/m0/s1. The number of hydrogen-bond donors (Lipinski definition) is 2. The van der Waals surface area contributed by atoms with Crippen molar-refractivity contribution in [3.63, 3.8) is 0 Å². The Labute approximate surface area is 70.8 Å². The van der Waals surface area contributed by atoms with Crippen LogP contribution in [-0.2, 0) is 0 Å². The molecule has 1 amide bonds. The molecule has 3 N–H and O–H groups in total. The van der Waals surface area contributed by atoms with Crippen LogP contribution >= 0.6 is 0 Å². The Hall–Kier alpha value is -1.35. The molecule has 0 bridgehead atoms. The normalized spacial score (nSPS) is 12.5. The van der Waals surface area contributed by atoms with Gasteiger partial charge < -0.3 is 10.8 Å². The zero-order valence-corrected chi connectivity index (χ0v) is 6.82. The van der Waals surface area contributed by atoms with Crippen molar-refractivity contribution in [2.24, 2.45) is 5.73 Å². The van der Waals surface area contributed by atoms with E-state index in [4.69, 9.17) is 10.8 Å². The molecule has 0 spiro atoms. The summed E-state index contributed by atoms with van der Waals surface area (Å²) in [7, 11) is 0. The average molecular weight is 165 g/mol. The lowest BCUT2D eigenvalue weighted by molar-refractivity contribution is 0.1000. The quantitative estimate of drug-likeness (QED) is 0.682. The summed E-state index contributed by atoms with van der Waals surface area (Å²) >= 11 is 0. The fraction of sp³-hybridized carbons (Fsp3) is 0.222. The van der Waals surface area contributed by atoms with Gasteiger partial charge in [0.15, 0.2) is 0 Å². The molecule has 12 heavy (non-hydrogen) atoms. The molecule has 0 aliphatic heterocycles. The first-order chi connectivity index (χ1) is 5.61. The second-order valence-electron chi connectivity index (χ2n) is 2.66. The van der Waals surface area contributed by atoms with Gasteiger partial charge in [0.25, 0.3) is 0 Å². The van der Waals surface area contributed by atoms with E-state index in [-0.39, 0.29) is 0 Å². The lowest BCUT2D eigenvalue weighted by Crippen LogP contribution is -2.10. The predicted octanol–water partition coefficient (Wildman–Crippen LogP) is 0.839. The van der Waals surface area contributed by atoms with Crippen LogP contribution in [0.5, 0.6) is 0 Å². The summed E-state index contributed by atoms with van der Waals surface area (Å²) in [6.45, 7) is 1.67. The molecule has 1 aromatic rings. The van der Waals surface area contributed by atoms with Crippen molar-refractivity contribution < 1.29 is 9.90 Å². The van der Waals surface area contributed by atoms with Crippen molar-refractivity contribution in [3.8, 4) is 0 Å². The van der Waals surface area contributed by atoms with Crippen LogP contribution in [0, 0.1) is 0 Å². The second-order valence-corrected chi connectivity index (χ2v) is 2.66. The van der Waals surface area contributed by atoms with Crippen molar-refractivity contribution in [2.75, 3.05) is 0 Å². The fourth-order valence-electron chi connectivity index (χ4n) is 0.926. The van der Waals surface area contributed by atoms with Crippen molar-refractivity contribution in [1.29, 1.82) is 0 Å². The predicted molar refractivity (Wildman–Crippen MR) is 45.6 cm³/mol. The van der Waals surface area contributed by atoms with E-state index in [1.807, 2.05) is 0 Å². The maximum absolute atomic E-state index is 10.6. The van der Waals surface area contributed by atoms with Gasteiger partial charge in [-0.1, -0.05) is 12.1 Å². The SMILES string of the molecule is C[C@H](O)c1ccc(C(N)=O)cc1. The molecule has 3 heteroatoms. The van der Waals surface area contributed by atoms with Gasteiger partial charge in [-0.3, -0.25) is 4.79 Å². The fourth-order valence-corrected chi connectivity index (χ4v) is 0.926. The highest BCUT2D eigenvalue weighted by Gasteiger charge is 2.02. The van der Waals surface area contributed by atoms with Crippen LogP contribution in [-0.4, -0.2) is 11.0 Å². The highest BCUT2D eigenvalue weighted by molar-refractivity contribution is 5.92. The number of carbonyl (C=O) groups is 1. The Bertz CT molecular complexity index is 277. The van der Waals surface area contributed by atoms with Crippen LogP contribution in [0.2, 0.25) is 0 Å². The Balaban J connectivity index is 2.93. The number of nitrogens with two attached hydrogens (primary N) is 1. The number of aliphatic hydroxyl groups excluding tert-OH is 1. The average Bonchev–Trinajstić information content (AvgIpc) is 2.04. The van der Waals surface area contributed by atoms with Gasteiger partial charge in [0.2, 0.25) is 5.91 Å². The molecular weight excluding hydrogens is 154 g/mol. The van der Waals surface area contributed by atoms with Gasteiger partial charge in [0, 0.05) is 5.56 Å². The van der Waals surface area contributed by atoms with Crippen LogP contribution < -0.4 is 5.73 Å². The molecule has 0 aliphatic rings. The summed E-state index contributed by atoms with van der Waals surface area (Å²) in [6, 6.07) is 6.57. The maximum atomic E-state index is 10.6. The number of amides is 1. The van der Waals surface area contributed by atoms with Gasteiger partial charge in [0.1, 0.15) is 0 Å². The minimum Gasteiger partial charge on any atom is -0.389 e. The van der Waals surface area contributed by atoms with Crippen molar-refractivity contribution in [2.45, 2.75) is 13.0 Å². The molecule has 3 nitrogen and oxygen atoms in total. The summed E-state index contributed by atoms with van der Waals surface area (Å²) < 4.78 is 0. The van der Waals surface area contributed by atoms with Crippen LogP contribution in [0.4, 0.5) is 0 Å². The Kier molecular flexibility index (Phi) is 2.45. The molecule has 0 radical (unpaired) electrons. The molecule has 0 heterocycles. The smallest absolute Gasteiger partial charge is 0.248 e. The highest BCUT2D eigenvalue weighted by atomic mass is 16.3. The number of carbonyl (C=O) groups excluding carboxylic acids is 1. The first-order valence-electron chi connectivity index (χ1n) is 3.69. The minimum atomic E-state index is -0.507. The number of hydrogen-bond acceptors (Lipinski definition) is 2. The van der Waals surface area contributed by atoms with Crippen LogP contribution in [0.3, 0.4) is 0 Å². The van der Waals surface area contributed by atoms with Crippen LogP contribution in [0.15, 0.2) is 24.3 Å². The zero-order valence-electron chi connectivity index (χ0n) is 6.82. The van der Waals surface area contributed by atoms with Gasteiger partial charge in [-0.2, -0.15) is 0 Å². The second kappa shape index (κ2) is 3.36. The maximum Gasteiger partial charge on any atom is 0.248 e. The van der Waals surface area contributed by atoms with Gasteiger partial charge in [-0.05, 0) is 24.6 Å². The third-order valence-electron chi connectivity index (χ3n) is 1.68. The lowest BCUT2D eigenvalue weighted by atomic mass is 10.1. The van der Waals surface area contributed by atoms with Crippen molar-refractivity contribution >= 4 is 5.91 Å². The van der Waals surface area contributed by atoms with E-state index in [1.54, 1.807) is 31.2 Å². The number of aliphatic hydroxyl groups is 1. The van der Waals surface area contributed by atoms with Gasteiger partial charge in [-0.25, -0.2) is 0 Å². The van der Waals surface area contributed by atoms with Gasteiger partial charge >= 0.3 is 0 Å². The van der Waals surface area contributed by atoms with E-state index >= 15 is 0 Å². The summed E-state index contributed by atoms with van der Waals surface area (Å²) in [4.78, 5) is 10.6. The topological polar surface area (TPSA) is 63.3 Å². The minimum absolute atomic E-state index is 0.452. The van der Waals surface area contributed by atoms with E-state index in [1.165, 1.54) is 0 Å². The molecule has 0 aliphatic carbocycles. The van der Waals surface area contributed by atoms with Crippen LogP contribution in [0.1, 0.15) is 28.9 Å². The highest BCUT2D eigenvalue weighted by Crippen LogP contribution is 2.11. The summed E-state index contributed by atoms with van der Waals surface area (Å²) in [5, 5.41) is 9.14. The number of primary amides is 1. The Morgan fingerprint density at radius 1 is 1.42 bits per heavy atom. The Morgan fingerprint density at radius 3 is 2.25 bits per heavy atom. The number of benzene rings is 1. The van der Waals surface area contributed by atoms with E-state index in [0.717, 1.165) is 5.56 Å².